The second-order valence-corrected chi connectivity index (χ2v) is 4.25. The Morgan fingerprint density at radius 3 is 2.85 bits per heavy atom. The van der Waals surface area contributed by atoms with Crippen LogP contribution in [0.4, 0.5) is 0 Å². The smallest absolute Gasteiger partial charge is 0.292 e. The molecular formula is C14H16N2O4. The van der Waals surface area contributed by atoms with E-state index in [4.69, 9.17) is 14.4 Å². The van der Waals surface area contributed by atoms with Gasteiger partial charge in [-0.1, -0.05) is 30.3 Å². The van der Waals surface area contributed by atoms with E-state index in [1.165, 1.54) is 11.0 Å². The Hall–Kier alpha value is -2.34. The highest BCUT2D eigenvalue weighted by Gasteiger charge is 2.17. The molecule has 106 valence electrons. The molecule has 0 aliphatic heterocycles. The molecule has 0 bridgehead atoms. The SMILES string of the molecule is CN(CCO)C(=O)c1cc(OCc2ccccc2)no1. The Bertz CT molecular complexity index is 553. The molecule has 2 aromatic rings. The van der Waals surface area contributed by atoms with Crippen LogP contribution in [0.5, 0.6) is 5.88 Å². The Kier molecular flexibility index (Phi) is 4.73. The number of amides is 1. The number of aliphatic hydroxyl groups excluding tert-OH is 1. The lowest BCUT2D eigenvalue weighted by Gasteiger charge is -2.12. The number of carbonyl (C=O) groups is 1. The van der Waals surface area contributed by atoms with Crippen LogP contribution in [0.3, 0.4) is 0 Å². The van der Waals surface area contributed by atoms with Crippen LogP contribution >= 0.6 is 0 Å². The third kappa shape index (κ3) is 3.58. The molecule has 6 heteroatoms. The van der Waals surface area contributed by atoms with E-state index in [9.17, 15) is 4.79 Å². The molecule has 1 heterocycles. The zero-order valence-corrected chi connectivity index (χ0v) is 11.2. The van der Waals surface area contributed by atoms with Crippen LogP contribution in [0.15, 0.2) is 40.9 Å². The normalized spacial score (nSPS) is 10.3. The Morgan fingerprint density at radius 2 is 2.15 bits per heavy atom. The average molecular weight is 276 g/mol. The zero-order chi connectivity index (χ0) is 14.4. The second-order valence-electron chi connectivity index (χ2n) is 4.25. The van der Waals surface area contributed by atoms with Crippen LogP contribution in [-0.4, -0.2) is 41.3 Å². The fraction of sp³-hybridized carbons (Fsp3) is 0.286. The molecule has 2 rings (SSSR count). The van der Waals surface area contributed by atoms with Gasteiger partial charge in [-0.2, -0.15) is 0 Å². The summed E-state index contributed by atoms with van der Waals surface area (Å²) in [4.78, 5) is 13.2. The fourth-order valence-corrected chi connectivity index (χ4v) is 1.60. The van der Waals surface area contributed by atoms with Gasteiger partial charge in [0.1, 0.15) is 6.61 Å². The molecule has 1 aromatic heterocycles. The second kappa shape index (κ2) is 6.72. The van der Waals surface area contributed by atoms with Crippen molar-refractivity contribution in [3.8, 4) is 5.88 Å². The number of aromatic nitrogens is 1. The van der Waals surface area contributed by atoms with Crippen molar-refractivity contribution in [3.05, 3.63) is 47.7 Å². The first-order valence-corrected chi connectivity index (χ1v) is 6.20. The van der Waals surface area contributed by atoms with Gasteiger partial charge in [0, 0.05) is 13.6 Å². The van der Waals surface area contributed by atoms with Crippen molar-refractivity contribution in [1.82, 2.24) is 10.1 Å². The van der Waals surface area contributed by atoms with Crippen LogP contribution in [0.2, 0.25) is 0 Å². The zero-order valence-electron chi connectivity index (χ0n) is 11.2. The molecule has 20 heavy (non-hydrogen) atoms. The molecule has 0 saturated heterocycles. The van der Waals surface area contributed by atoms with E-state index in [2.05, 4.69) is 5.16 Å². The van der Waals surface area contributed by atoms with Crippen LogP contribution in [0.25, 0.3) is 0 Å². The van der Waals surface area contributed by atoms with E-state index in [0.29, 0.717) is 6.61 Å². The average Bonchev–Trinajstić information content (AvgIpc) is 2.94. The Balaban J connectivity index is 1.94. The molecule has 6 nitrogen and oxygen atoms in total. The highest BCUT2D eigenvalue weighted by atomic mass is 16.5. The van der Waals surface area contributed by atoms with Crippen molar-refractivity contribution < 1.29 is 19.2 Å². The molecule has 0 radical (unpaired) electrons. The number of nitrogens with zero attached hydrogens (tertiary/aromatic N) is 2. The van der Waals surface area contributed by atoms with Gasteiger partial charge in [0.25, 0.3) is 11.8 Å². The van der Waals surface area contributed by atoms with Crippen LogP contribution in [-0.2, 0) is 6.61 Å². The standard InChI is InChI=1S/C14H16N2O4/c1-16(7-8-17)14(18)12-9-13(15-20-12)19-10-11-5-3-2-4-6-11/h2-6,9,17H,7-8,10H2,1H3. The number of benzene rings is 1. The molecule has 0 unspecified atom stereocenters. The maximum Gasteiger partial charge on any atom is 0.292 e. The lowest BCUT2D eigenvalue weighted by atomic mass is 10.2. The lowest BCUT2D eigenvalue weighted by molar-refractivity contribution is 0.0725. The molecular weight excluding hydrogens is 260 g/mol. The van der Waals surface area contributed by atoms with Gasteiger partial charge in [0.05, 0.1) is 12.7 Å². The monoisotopic (exact) mass is 276 g/mol. The maximum absolute atomic E-state index is 11.8. The minimum absolute atomic E-state index is 0.0870. The van der Waals surface area contributed by atoms with E-state index in [1.54, 1.807) is 7.05 Å². The minimum atomic E-state index is -0.346. The molecule has 0 aliphatic carbocycles. The van der Waals surface area contributed by atoms with Gasteiger partial charge in [0.2, 0.25) is 5.76 Å². The molecule has 0 aliphatic rings. The summed E-state index contributed by atoms with van der Waals surface area (Å²) in [5.41, 5.74) is 1.00. The predicted octanol–water partition coefficient (Wildman–Crippen LogP) is 1.32. The minimum Gasteiger partial charge on any atom is -0.471 e. The van der Waals surface area contributed by atoms with Crippen molar-refractivity contribution in [3.63, 3.8) is 0 Å². The fourth-order valence-electron chi connectivity index (χ4n) is 1.60. The summed E-state index contributed by atoms with van der Waals surface area (Å²) >= 11 is 0. The van der Waals surface area contributed by atoms with Gasteiger partial charge >= 0.3 is 0 Å². The summed E-state index contributed by atoms with van der Waals surface area (Å²) in [5, 5.41) is 12.5. The molecule has 0 fully saturated rings. The number of aliphatic hydroxyl groups is 1. The third-order valence-corrected chi connectivity index (χ3v) is 2.71. The molecule has 0 saturated carbocycles. The molecule has 1 amide bonds. The van der Waals surface area contributed by atoms with Gasteiger partial charge in [0.15, 0.2) is 0 Å². The van der Waals surface area contributed by atoms with Crippen molar-refractivity contribution >= 4 is 5.91 Å². The van der Waals surface area contributed by atoms with Gasteiger partial charge < -0.3 is 19.3 Å². The highest BCUT2D eigenvalue weighted by molar-refractivity contribution is 5.91. The van der Waals surface area contributed by atoms with Gasteiger partial charge in [-0.05, 0) is 10.7 Å². The first-order chi connectivity index (χ1) is 9.70. The van der Waals surface area contributed by atoms with E-state index >= 15 is 0 Å². The van der Waals surface area contributed by atoms with Gasteiger partial charge in [-0.3, -0.25) is 4.79 Å². The quantitative estimate of drug-likeness (QED) is 0.861. The van der Waals surface area contributed by atoms with E-state index in [1.807, 2.05) is 30.3 Å². The molecule has 0 atom stereocenters. The Morgan fingerprint density at radius 1 is 1.40 bits per heavy atom. The molecule has 1 N–H and O–H groups in total. The van der Waals surface area contributed by atoms with Crippen molar-refractivity contribution in [2.45, 2.75) is 6.61 Å². The summed E-state index contributed by atoms with van der Waals surface area (Å²) in [6.45, 7) is 0.487. The third-order valence-electron chi connectivity index (χ3n) is 2.71. The topological polar surface area (TPSA) is 75.8 Å². The van der Waals surface area contributed by atoms with E-state index in [0.717, 1.165) is 5.56 Å². The maximum atomic E-state index is 11.8. The number of hydrogen-bond acceptors (Lipinski definition) is 5. The van der Waals surface area contributed by atoms with Crippen LogP contribution < -0.4 is 4.74 Å². The van der Waals surface area contributed by atoms with Crippen molar-refractivity contribution in [2.75, 3.05) is 20.2 Å². The summed E-state index contributed by atoms with van der Waals surface area (Å²) in [6, 6.07) is 11.1. The van der Waals surface area contributed by atoms with E-state index in [-0.39, 0.29) is 30.7 Å². The number of likely N-dealkylation sites (N-methyl/N-ethyl adjacent to an activating group) is 1. The summed E-state index contributed by atoms with van der Waals surface area (Å²) < 4.78 is 10.4. The molecule has 0 spiro atoms. The first kappa shape index (κ1) is 14.1. The number of ether oxygens (including phenoxy) is 1. The van der Waals surface area contributed by atoms with Crippen LogP contribution in [0.1, 0.15) is 16.1 Å². The first-order valence-electron chi connectivity index (χ1n) is 6.20. The summed E-state index contributed by atoms with van der Waals surface area (Å²) in [7, 11) is 1.57. The lowest BCUT2D eigenvalue weighted by Crippen LogP contribution is -2.29. The number of carbonyl (C=O) groups excluding carboxylic acids is 1. The van der Waals surface area contributed by atoms with E-state index < -0.39 is 0 Å². The number of rotatable bonds is 6. The van der Waals surface area contributed by atoms with Crippen molar-refractivity contribution in [2.24, 2.45) is 0 Å². The predicted molar refractivity (Wildman–Crippen MR) is 71.3 cm³/mol. The van der Waals surface area contributed by atoms with Gasteiger partial charge in [-0.25, -0.2) is 0 Å². The molecule has 1 aromatic carbocycles. The highest BCUT2D eigenvalue weighted by Crippen LogP contribution is 2.14. The summed E-state index contributed by atoms with van der Waals surface area (Å²) in [6.07, 6.45) is 0. The summed E-state index contributed by atoms with van der Waals surface area (Å²) in [5.74, 6) is -0.000255. The van der Waals surface area contributed by atoms with Crippen molar-refractivity contribution in [1.29, 1.82) is 0 Å². The van der Waals surface area contributed by atoms with Gasteiger partial charge in [-0.15, -0.1) is 0 Å². The Labute approximate surface area is 116 Å². The number of hydrogen-bond donors (Lipinski definition) is 1. The van der Waals surface area contributed by atoms with Crippen LogP contribution in [0, 0.1) is 0 Å². The largest absolute Gasteiger partial charge is 0.471 e.